The van der Waals surface area contributed by atoms with Crippen LogP contribution in [-0.4, -0.2) is 98.3 Å². The summed E-state index contributed by atoms with van der Waals surface area (Å²) in [5.74, 6) is -1.14. The molecule has 13 nitrogen and oxygen atoms in total. The highest BCUT2D eigenvalue weighted by Crippen LogP contribution is 2.47. The third-order valence-corrected chi connectivity index (χ3v) is 11.3. The summed E-state index contributed by atoms with van der Waals surface area (Å²) in [6.45, 7) is 3.17. The van der Waals surface area contributed by atoms with E-state index in [0.29, 0.717) is 12.8 Å². The summed E-state index contributed by atoms with van der Waals surface area (Å²) in [5.41, 5.74) is 0. The zero-order valence-electron chi connectivity index (χ0n) is 37.2. The van der Waals surface area contributed by atoms with Crippen LogP contribution in [0.5, 0.6) is 0 Å². The van der Waals surface area contributed by atoms with Gasteiger partial charge < -0.3 is 39.9 Å². The van der Waals surface area contributed by atoms with Crippen LogP contribution < -0.4 is 0 Å². The molecule has 0 aromatic rings. The van der Waals surface area contributed by atoms with Crippen molar-refractivity contribution in [1.29, 1.82) is 0 Å². The van der Waals surface area contributed by atoms with E-state index in [1.165, 1.54) is 19.3 Å². The number of carbonyl (C=O) groups excluding carboxylic acids is 2. The number of ether oxygens (including phenoxy) is 2. The molecule has 61 heavy (non-hydrogen) atoms. The number of phosphoric acid groups is 1. The molecule has 0 radical (unpaired) electrons. The van der Waals surface area contributed by atoms with Gasteiger partial charge in [0.15, 0.2) is 6.10 Å². The highest BCUT2D eigenvalue weighted by Gasteiger charge is 2.51. The number of rotatable bonds is 37. The molecule has 6 atom stereocenters. The SMILES string of the molecule is CCCC=CCC=CCCCCCCCC(=O)OCC(COP(=O)(O)OC1C(O)C(O)C(O)C(O)C1O)OC(=O)CCCCCCCCC=CCC=CCC=CCCCCC. The minimum absolute atomic E-state index is 0.0764. The molecule has 0 bridgehead atoms. The molecule has 0 heterocycles. The van der Waals surface area contributed by atoms with Crippen molar-refractivity contribution in [1.82, 2.24) is 0 Å². The van der Waals surface area contributed by atoms with Gasteiger partial charge in [0.2, 0.25) is 0 Å². The largest absolute Gasteiger partial charge is 0.472 e. The quantitative estimate of drug-likeness (QED) is 0.0149. The van der Waals surface area contributed by atoms with E-state index < -0.39 is 75.7 Å². The van der Waals surface area contributed by atoms with Crippen LogP contribution in [-0.2, 0) is 32.7 Å². The van der Waals surface area contributed by atoms with Crippen LogP contribution in [0, 0.1) is 0 Å². The Labute approximate surface area is 366 Å². The van der Waals surface area contributed by atoms with Gasteiger partial charge in [-0.1, -0.05) is 139 Å². The van der Waals surface area contributed by atoms with E-state index in [9.17, 15) is 44.6 Å². The van der Waals surface area contributed by atoms with Crippen molar-refractivity contribution in [2.45, 2.75) is 211 Å². The van der Waals surface area contributed by atoms with Crippen LogP contribution in [0.15, 0.2) is 60.8 Å². The first kappa shape index (κ1) is 56.6. The molecule has 352 valence electrons. The van der Waals surface area contributed by atoms with Gasteiger partial charge in [0.05, 0.1) is 6.61 Å². The van der Waals surface area contributed by atoms with Crippen molar-refractivity contribution < 1.29 is 63.1 Å². The summed E-state index contributed by atoms with van der Waals surface area (Å²) in [4.78, 5) is 35.7. The molecule has 0 amide bonds. The third kappa shape index (κ3) is 29.5. The van der Waals surface area contributed by atoms with E-state index in [-0.39, 0.29) is 12.8 Å². The number of hydrogen-bond donors (Lipinski definition) is 6. The Bertz CT molecular complexity index is 1300. The van der Waals surface area contributed by atoms with Gasteiger partial charge >= 0.3 is 19.8 Å². The Hall–Kier alpha value is -2.45. The number of aliphatic hydroxyl groups is 5. The van der Waals surface area contributed by atoms with Crippen LogP contribution in [0.1, 0.15) is 168 Å². The summed E-state index contributed by atoms with van der Waals surface area (Å²) in [6, 6.07) is 0. The second-order valence-electron chi connectivity index (χ2n) is 15.9. The molecule has 0 aromatic carbocycles. The van der Waals surface area contributed by atoms with E-state index in [2.05, 4.69) is 74.6 Å². The molecule has 1 saturated carbocycles. The fourth-order valence-electron chi connectivity index (χ4n) is 6.57. The van der Waals surface area contributed by atoms with Crippen LogP contribution in [0.2, 0.25) is 0 Å². The highest BCUT2D eigenvalue weighted by atomic mass is 31.2. The number of esters is 2. The molecule has 6 unspecified atom stereocenters. The average molecular weight is 885 g/mol. The Balaban J connectivity index is 2.47. The Kier molecular flexibility index (Phi) is 34.3. The van der Waals surface area contributed by atoms with Crippen LogP contribution in [0.25, 0.3) is 0 Å². The maximum absolute atomic E-state index is 12.8. The lowest BCUT2D eigenvalue weighted by Gasteiger charge is -2.41. The van der Waals surface area contributed by atoms with Gasteiger partial charge in [0, 0.05) is 12.8 Å². The van der Waals surface area contributed by atoms with Crippen LogP contribution in [0.3, 0.4) is 0 Å². The lowest BCUT2D eigenvalue weighted by atomic mass is 9.85. The van der Waals surface area contributed by atoms with Crippen LogP contribution >= 0.6 is 7.82 Å². The maximum atomic E-state index is 12.8. The average Bonchev–Trinajstić information content (AvgIpc) is 3.24. The molecule has 1 fully saturated rings. The summed E-state index contributed by atoms with van der Waals surface area (Å²) in [7, 11) is -5.13. The number of carbonyl (C=O) groups is 2. The molecule has 1 rings (SSSR count). The standard InChI is InChI=1S/C47H81O13P/c1-3-5-7-9-11-13-15-17-18-19-20-21-22-24-26-28-30-32-34-36-41(49)59-39(38-58-61(55,56)60-47-45(53)43(51)42(50)44(52)46(47)54)37-57-40(48)35-33-31-29-27-25-23-16-14-12-10-8-6-4-2/h8,10-11,13-14,16-18,20-21,39,42-47,50-54H,3-7,9,12,15,19,22-38H2,1-2H3,(H,55,56). The first-order valence-corrected chi connectivity index (χ1v) is 24.6. The molecule has 0 spiro atoms. The molecular weight excluding hydrogens is 803 g/mol. The van der Waals surface area contributed by atoms with Gasteiger partial charge in [-0.2, -0.15) is 0 Å². The summed E-state index contributed by atoms with van der Waals surface area (Å²) >= 11 is 0. The van der Waals surface area contributed by atoms with Gasteiger partial charge in [0.1, 0.15) is 43.2 Å². The Morgan fingerprint density at radius 2 is 0.918 bits per heavy atom. The summed E-state index contributed by atoms with van der Waals surface area (Å²) < 4.78 is 33.5. The predicted octanol–water partition coefficient (Wildman–Crippen LogP) is 8.94. The van der Waals surface area contributed by atoms with E-state index in [4.69, 9.17) is 18.5 Å². The highest BCUT2D eigenvalue weighted by molar-refractivity contribution is 7.47. The fraction of sp³-hybridized carbons (Fsp3) is 0.745. The molecule has 14 heteroatoms. The third-order valence-electron chi connectivity index (χ3n) is 10.3. The predicted molar refractivity (Wildman–Crippen MR) is 239 cm³/mol. The lowest BCUT2D eigenvalue weighted by Crippen LogP contribution is -2.64. The number of aliphatic hydroxyl groups excluding tert-OH is 5. The minimum atomic E-state index is -5.13. The Morgan fingerprint density at radius 3 is 1.41 bits per heavy atom. The van der Waals surface area contributed by atoms with E-state index in [1.54, 1.807) is 0 Å². The normalized spacial score (nSPS) is 22.6. The van der Waals surface area contributed by atoms with E-state index in [1.807, 2.05) is 0 Å². The van der Waals surface area contributed by atoms with Crippen molar-refractivity contribution in [3.63, 3.8) is 0 Å². The summed E-state index contributed by atoms with van der Waals surface area (Å²) in [5, 5.41) is 50.1. The molecule has 0 aromatic heterocycles. The molecule has 1 aliphatic carbocycles. The van der Waals surface area contributed by atoms with Crippen LogP contribution in [0.4, 0.5) is 0 Å². The number of allylic oxidation sites excluding steroid dienone is 10. The number of phosphoric ester groups is 1. The maximum Gasteiger partial charge on any atom is 0.472 e. The first-order valence-electron chi connectivity index (χ1n) is 23.1. The second kappa shape index (κ2) is 37.0. The zero-order valence-corrected chi connectivity index (χ0v) is 38.1. The second-order valence-corrected chi connectivity index (χ2v) is 17.3. The monoisotopic (exact) mass is 885 g/mol. The smallest absolute Gasteiger partial charge is 0.462 e. The minimum Gasteiger partial charge on any atom is -0.462 e. The first-order chi connectivity index (χ1) is 29.4. The fourth-order valence-corrected chi connectivity index (χ4v) is 7.54. The van der Waals surface area contributed by atoms with Crippen molar-refractivity contribution >= 4 is 19.8 Å². The number of hydrogen-bond acceptors (Lipinski definition) is 12. The van der Waals surface area contributed by atoms with Gasteiger partial charge in [-0.3, -0.25) is 18.6 Å². The van der Waals surface area contributed by atoms with E-state index in [0.717, 1.165) is 109 Å². The van der Waals surface area contributed by atoms with Gasteiger partial charge in [-0.15, -0.1) is 0 Å². The van der Waals surface area contributed by atoms with Crippen molar-refractivity contribution in [3.05, 3.63) is 60.8 Å². The van der Waals surface area contributed by atoms with Crippen molar-refractivity contribution in [2.75, 3.05) is 13.2 Å². The molecule has 0 saturated heterocycles. The summed E-state index contributed by atoms with van der Waals surface area (Å²) in [6.07, 6.45) is 31.3. The topological polar surface area (TPSA) is 210 Å². The lowest BCUT2D eigenvalue weighted by molar-refractivity contribution is -0.220. The molecule has 1 aliphatic rings. The van der Waals surface area contributed by atoms with E-state index >= 15 is 0 Å². The van der Waals surface area contributed by atoms with Crippen molar-refractivity contribution in [2.24, 2.45) is 0 Å². The van der Waals surface area contributed by atoms with Gasteiger partial charge in [-0.05, 0) is 77.0 Å². The molecular formula is C47H81O13P. The van der Waals surface area contributed by atoms with Gasteiger partial charge in [-0.25, -0.2) is 4.57 Å². The molecule has 6 N–H and O–H groups in total. The molecule has 0 aliphatic heterocycles. The van der Waals surface area contributed by atoms with Crippen molar-refractivity contribution in [3.8, 4) is 0 Å². The number of unbranched alkanes of at least 4 members (excludes halogenated alkanes) is 15. The van der Waals surface area contributed by atoms with Gasteiger partial charge in [0.25, 0.3) is 0 Å². The zero-order chi connectivity index (χ0) is 45.0. The Morgan fingerprint density at radius 1 is 0.508 bits per heavy atom.